The van der Waals surface area contributed by atoms with Crippen LogP contribution in [0.1, 0.15) is 24.8 Å². The van der Waals surface area contributed by atoms with Crippen LogP contribution in [-0.2, 0) is 10.9 Å². The molecule has 1 aliphatic heterocycles. The second-order valence-electron chi connectivity index (χ2n) is 8.35. The number of pyridine rings is 1. The van der Waals surface area contributed by atoms with E-state index in [9.17, 15) is 13.2 Å². The van der Waals surface area contributed by atoms with Crippen LogP contribution >= 0.6 is 0 Å². The molecule has 6 nitrogen and oxygen atoms in total. The number of alkyl halides is 3. The molecule has 1 aliphatic rings. The number of nitrogens with zero attached hydrogens (tertiary/aromatic N) is 1. The number of nitrogens with one attached hydrogen (secondary N) is 1. The van der Waals surface area contributed by atoms with Crippen LogP contribution in [0.3, 0.4) is 0 Å². The fourth-order valence-electron chi connectivity index (χ4n) is 4.07. The number of aromatic nitrogens is 1. The van der Waals surface area contributed by atoms with Crippen molar-refractivity contribution in [3.8, 4) is 28.5 Å². The Hall–Kier alpha value is -3.04. The predicted molar refractivity (Wildman–Crippen MR) is 127 cm³/mol. The Morgan fingerprint density at radius 3 is 2.43 bits per heavy atom. The second kappa shape index (κ2) is 11.1. The van der Waals surface area contributed by atoms with Gasteiger partial charge in [-0.2, -0.15) is 13.2 Å². The van der Waals surface area contributed by atoms with Crippen LogP contribution in [0.2, 0.25) is 0 Å². The topological polar surface area (TPSA) is 61.8 Å². The number of benzene rings is 2. The van der Waals surface area contributed by atoms with Gasteiger partial charge in [0.25, 0.3) is 0 Å². The molecule has 35 heavy (non-hydrogen) atoms. The van der Waals surface area contributed by atoms with Gasteiger partial charge in [-0.3, -0.25) is 0 Å². The molecule has 2 aromatic carbocycles. The van der Waals surface area contributed by atoms with E-state index in [4.69, 9.17) is 18.9 Å². The summed E-state index contributed by atoms with van der Waals surface area (Å²) in [7, 11) is 3.08. The number of ether oxygens (including phenoxy) is 4. The van der Waals surface area contributed by atoms with Crippen LogP contribution in [0.4, 0.5) is 13.2 Å². The van der Waals surface area contributed by atoms with Gasteiger partial charge in [0.05, 0.1) is 43.7 Å². The van der Waals surface area contributed by atoms with Gasteiger partial charge >= 0.3 is 6.18 Å². The van der Waals surface area contributed by atoms with Crippen LogP contribution in [0, 0.1) is 0 Å². The number of hydrogen-bond acceptors (Lipinski definition) is 6. The molecule has 1 atom stereocenters. The lowest BCUT2D eigenvalue weighted by molar-refractivity contribution is -0.137. The van der Waals surface area contributed by atoms with Gasteiger partial charge in [0.15, 0.2) is 11.5 Å². The van der Waals surface area contributed by atoms with E-state index in [0.29, 0.717) is 40.6 Å². The molecule has 4 rings (SSSR count). The summed E-state index contributed by atoms with van der Waals surface area (Å²) in [5.74, 6) is 1.61. The Kier molecular flexibility index (Phi) is 7.97. The zero-order valence-electron chi connectivity index (χ0n) is 19.8. The third-order valence-corrected chi connectivity index (χ3v) is 5.94. The summed E-state index contributed by atoms with van der Waals surface area (Å²) < 4.78 is 61.5. The van der Waals surface area contributed by atoms with Crippen molar-refractivity contribution in [3.05, 3.63) is 48.0 Å². The molecule has 9 heteroatoms. The molecule has 0 radical (unpaired) electrons. The first-order valence-corrected chi connectivity index (χ1v) is 11.6. The van der Waals surface area contributed by atoms with Gasteiger partial charge in [-0.1, -0.05) is 12.1 Å². The summed E-state index contributed by atoms with van der Waals surface area (Å²) in [5, 5.41) is 4.12. The summed E-state index contributed by atoms with van der Waals surface area (Å²) in [6.45, 7) is 2.90. The van der Waals surface area contributed by atoms with Gasteiger partial charge in [-0.05, 0) is 44.0 Å². The van der Waals surface area contributed by atoms with Crippen LogP contribution in [0.5, 0.6) is 17.2 Å². The number of fused-ring (bicyclic) bond motifs is 1. The summed E-state index contributed by atoms with van der Waals surface area (Å²) >= 11 is 0. The SMILES string of the molecule is COc1cc2nc(-c3ccc(C(F)(F)F)cc3)cc(OCCCNCC3CCCO3)c2cc1OC. The number of hydrogen-bond donors (Lipinski definition) is 1. The van der Waals surface area contributed by atoms with Gasteiger partial charge < -0.3 is 24.3 Å². The maximum absolute atomic E-state index is 13.0. The Labute approximate surface area is 202 Å². The second-order valence-corrected chi connectivity index (χ2v) is 8.35. The van der Waals surface area contributed by atoms with Crippen molar-refractivity contribution in [2.45, 2.75) is 31.5 Å². The third-order valence-electron chi connectivity index (χ3n) is 5.94. The Morgan fingerprint density at radius 2 is 1.77 bits per heavy atom. The van der Waals surface area contributed by atoms with E-state index in [2.05, 4.69) is 10.3 Å². The van der Waals surface area contributed by atoms with Crippen molar-refractivity contribution >= 4 is 10.9 Å². The Morgan fingerprint density at radius 1 is 1.03 bits per heavy atom. The maximum atomic E-state index is 13.0. The molecule has 0 spiro atoms. The number of rotatable bonds is 10. The first-order chi connectivity index (χ1) is 16.9. The molecule has 1 N–H and O–H groups in total. The summed E-state index contributed by atoms with van der Waals surface area (Å²) in [6, 6.07) is 10.2. The molecular formula is C26H29F3N2O4. The van der Waals surface area contributed by atoms with E-state index >= 15 is 0 Å². The van der Waals surface area contributed by atoms with Crippen LogP contribution < -0.4 is 19.5 Å². The smallest absolute Gasteiger partial charge is 0.416 e. The first kappa shape index (κ1) is 25.1. The highest BCUT2D eigenvalue weighted by molar-refractivity contribution is 5.90. The monoisotopic (exact) mass is 490 g/mol. The van der Waals surface area contributed by atoms with Gasteiger partial charge in [-0.15, -0.1) is 0 Å². The quantitative estimate of drug-likeness (QED) is 0.380. The number of halogens is 3. The van der Waals surface area contributed by atoms with Gasteiger partial charge in [0, 0.05) is 36.2 Å². The standard InChI is InChI=1S/C26H29F3N2O4/c1-32-24-13-20-22(15-25(24)33-2)31-21(17-6-8-18(9-7-17)26(27,28)29)14-23(20)35-12-4-10-30-16-19-5-3-11-34-19/h6-9,13-15,19,30H,3-5,10-12,16H2,1-2H3. The molecule has 2 heterocycles. The molecular weight excluding hydrogens is 461 g/mol. The largest absolute Gasteiger partial charge is 0.493 e. The molecule has 0 saturated carbocycles. The molecule has 188 valence electrons. The normalized spacial score (nSPS) is 16.0. The number of methoxy groups -OCH3 is 2. The molecule has 0 amide bonds. The fourth-order valence-corrected chi connectivity index (χ4v) is 4.07. The van der Waals surface area contributed by atoms with Gasteiger partial charge in [-0.25, -0.2) is 4.98 Å². The molecule has 3 aromatic rings. The Balaban J connectivity index is 1.55. The van der Waals surface area contributed by atoms with E-state index in [1.165, 1.54) is 19.2 Å². The summed E-state index contributed by atoms with van der Waals surface area (Å²) in [5.41, 5.74) is 0.940. The molecule has 1 fully saturated rings. The highest BCUT2D eigenvalue weighted by Crippen LogP contribution is 2.38. The molecule has 1 aromatic heterocycles. The minimum atomic E-state index is -4.40. The van der Waals surface area contributed by atoms with Crippen molar-refractivity contribution in [2.75, 3.05) is 40.5 Å². The zero-order chi connectivity index (χ0) is 24.8. The van der Waals surface area contributed by atoms with E-state index in [1.807, 2.05) is 0 Å². The maximum Gasteiger partial charge on any atom is 0.416 e. The molecule has 1 unspecified atom stereocenters. The van der Waals surface area contributed by atoms with Crippen molar-refractivity contribution < 1.29 is 32.1 Å². The lowest BCUT2D eigenvalue weighted by Crippen LogP contribution is -2.27. The van der Waals surface area contributed by atoms with Gasteiger partial charge in [0.2, 0.25) is 0 Å². The van der Waals surface area contributed by atoms with Crippen molar-refractivity contribution in [3.63, 3.8) is 0 Å². The van der Waals surface area contributed by atoms with Crippen LogP contribution in [0.15, 0.2) is 42.5 Å². The highest BCUT2D eigenvalue weighted by atomic mass is 19.4. The molecule has 1 saturated heterocycles. The van der Waals surface area contributed by atoms with E-state index in [0.717, 1.165) is 56.5 Å². The fraction of sp³-hybridized carbons (Fsp3) is 0.423. The van der Waals surface area contributed by atoms with Gasteiger partial charge in [0.1, 0.15) is 5.75 Å². The minimum Gasteiger partial charge on any atom is -0.493 e. The van der Waals surface area contributed by atoms with Crippen LogP contribution in [0.25, 0.3) is 22.2 Å². The minimum absolute atomic E-state index is 0.286. The van der Waals surface area contributed by atoms with Crippen LogP contribution in [-0.4, -0.2) is 51.6 Å². The van der Waals surface area contributed by atoms with E-state index in [1.54, 1.807) is 25.3 Å². The highest BCUT2D eigenvalue weighted by Gasteiger charge is 2.30. The van der Waals surface area contributed by atoms with Crippen molar-refractivity contribution in [1.82, 2.24) is 10.3 Å². The lowest BCUT2D eigenvalue weighted by Gasteiger charge is -2.15. The van der Waals surface area contributed by atoms with Crippen molar-refractivity contribution in [1.29, 1.82) is 0 Å². The first-order valence-electron chi connectivity index (χ1n) is 11.6. The summed E-state index contributed by atoms with van der Waals surface area (Å²) in [4.78, 5) is 4.66. The average molecular weight is 491 g/mol. The zero-order valence-corrected chi connectivity index (χ0v) is 19.8. The lowest BCUT2D eigenvalue weighted by atomic mass is 10.1. The van der Waals surface area contributed by atoms with Crippen molar-refractivity contribution in [2.24, 2.45) is 0 Å². The summed E-state index contributed by atoms with van der Waals surface area (Å²) in [6.07, 6.45) is -1.14. The third kappa shape index (κ3) is 6.15. The predicted octanol–water partition coefficient (Wildman–Crippen LogP) is 5.48. The average Bonchev–Trinajstić information content (AvgIpc) is 3.38. The molecule has 0 aliphatic carbocycles. The molecule has 0 bridgehead atoms. The van der Waals surface area contributed by atoms with E-state index in [-0.39, 0.29) is 6.10 Å². The van der Waals surface area contributed by atoms with E-state index < -0.39 is 11.7 Å². The Bertz CT molecular complexity index is 1130.